The van der Waals surface area contributed by atoms with Gasteiger partial charge in [0.1, 0.15) is 6.54 Å². The van der Waals surface area contributed by atoms with Gasteiger partial charge in [0, 0.05) is 18.3 Å². The van der Waals surface area contributed by atoms with E-state index in [2.05, 4.69) is 0 Å². The van der Waals surface area contributed by atoms with Crippen LogP contribution in [0.1, 0.15) is 25.3 Å². The molecule has 1 aromatic carbocycles. The summed E-state index contributed by atoms with van der Waals surface area (Å²) in [5.74, 6) is -0.792. The number of anilines is 1. The lowest BCUT2D eigenvalue weighted by atomic mass is 10.0. The van der Waals surface area contributed by atoms with Crippen molar-refractivity contribution in [1.82, 2.24) is 0 Å². The fourth-order valence-electron chi connectivity index (χ4n) is 2.57. The summed E-state index contributed by atoms with van der Waals surface area (Å²) in [6.07, 6.45) is 1.95. The predicted octanol–water partition coefficient (Wildman–Crippen LogP) is 2.45. The number of carboxylic acids is 1. The Morgan fingerprint density at radius 1 is 1.42 bits per heavy atom. The van der Waals surface area contributed by atoms with E-state index in [9.17, 15) is 4.79 Å². The Morgan fingerprint density at radius 3 is 2.68 bits per heavy atom. The van der Waals surface area contributed by atoms with Gasteiger partial charge in [0.05, 0.1) is 6.10 Å². The minimum atomic E-state index is -0.792. The van der Waals surface area contributed by atoms with E-state index in [0.29, 0.717) is 6.61 Å². The molecule has 0 aliphatic carbocycles. The zero-order valence-corrected chi connectivity index (χ0v) is 11.5. The van der Waals surface area contributed by atoms with Crippen LogP contribution < -0.4 is 4.90 Å². The van der Waals surface area contributed by atoms with Crippen LogP contribution in [0.25, 0.3) is 0 Å². The molecule has 0 saturated carbocycles. The van der Waals surface area contributed by atoms with Crippen LogP contribution in [0.2, 0.25) is 0 Å². The first-order chi connectivity index (χ1) is 9.06. The van der Waals surface area contributed by atoms with Crippen molar-refractivity contribution < 1.29 is 14.6 Å². The fraction of sp³-hybridized carbons (Fsp3) is 0.533. The van der Waals surface area contributed by atoms with Crippen molar-refractivity contribution in [2.75, 3.05) is 18.1 Å². The Balaban J connectivity index is 2.19. The Kier molecular flexibility index (Phi) is 4.43. The minimum Gasteiger partial charge on any atom is -0.480 e. The number of carboxylic acid groups (broad SMARTS) is 1. The second-order valence-corrected chi connectivity index (χ2v) is 5.22. The number of carbonyl (C=O) groups is 1. The topological polar surface area (TPSA) is 49.8 Å². The van der Waals surface area contributed by atoms with E-state index < -0.39 is 5.97 Å². The number of nitrogens with zero attached hydrogens (tertiary/aromatic N) is 1. The molecule has 0 spiro atoms. The van der Waals surface area contributed by atoms with E-state index in [1.54, 1.807) is 0 Å². The molecule has 0 aromatic heterocycles. The molecule has 1 aromatic rings. The lowest BCUT2D eigenvalue weighted by Gasteiger charge is -2.37. The van der Waals surface area contributed by atoms with Gasteiger partial charge in [-0.3, -0.25) is 4.79 Å². The van der Waals surface area contributed by atoms with Crippen molar-refractivity contribution in [3.63, 3.8) is 0 Å². The fourth-order valence-corrected chi connectivity index (χ4v) is 2.57. The molecule has 0 amide bonds. The second-order valence-electron chi connectivity index (χ2n) is 5.22. The summed E-state index contributed by atoms with van der Waals surface area (Å²) in [5, 5.41) is 9.12. The quantitative estimate of drug-likeness (QED) is 0.906. The van der Waals surface area contributed by atoms with E-state index in [-0.39, 0.29) is 18.7 Å². The second kappa shape index (κ2) is 6.06. The van der Waals surface area contributed by atoms with E-state index >= 15 is 0 Å². The highest BCUT2D eigenvalue weighted by atomic mass is 16.5. The van der Waals surface area contributed by atoms with Crippen LogP contribution in [0, 0.1) is 6.92 Å². The standard InChI is InChI=1S/C15H21NO3/c1-11-3-5-13(6-4-11)16(10-15(17)18)14-7-8-19-12(2)9-14/h3-6,12,14H,7-10H2,1-2H3,(H,17,18). The molecule has 1 aliphatic heterocycles. The first kappa shape index (κ1) is 13.9. The highest BCUT2D eigenvalue weighted by Gasteiger charge is 2.26. The molecule has 4 heteroatoms. The molecule has 0 radical (unpaired) electrons. The average Bonchev–Trinajstić information content (AvgIpc) is 2.37. The molecule has 1 N–H and O–H groups in total. The van der Waals surface area contributed by atoms with Crippen LogP contribution in [0.3, 0.4) is 0 Å². The maximum Gasteiger partial charge on any atom is 0.323 e. The lowest BCUT2D eigenvalue weighted by molar-refractivity contribution is -0.135. The molecule has 2 rings (SSSR count). The normalized spacial score (nSPS) is 23.1. The maximum absolute atomic E-state index is 11.1. The molecule has 4 nitrogen and oxygen atoms in total. The van der Waals surface area contributed by atoms with Gasteiger partial charge in [-0.25, -0.2) is 0 Å². The van der Waals surface area contributed by atoms with Gasteiger partial charge in [0.2, 0.25) is 0 Å². The zero-order valence-electron chi connectivity index (χ0n) is 11.5. The lowest BCUT2D eigenvalue weighted by Crippen LogP contribution is -2.44. The smallest absolute Gasteiger partial charge is 0.323 e. The number of rotatable bonds is 4. The third-order valence-corrected chi connectivity index (χ3v) is 3.57. The summed E-state index contributed by atoms with van der Waals surface area (Å²) in [5.41, 5.74) is 2.16. The van der Waals surface area contributed by atoms with E-state index in [1.165, 1.54) is 5.56 Å². The number of hydrogen-bond donors (Lipinski definition) is 1. The Labute approximate surface area is 114 Å². The van der Waals surface area contributed by atoms with Crippen molar-refractivity contribution >= 4 is 11.7 Å². The molecule has 0 bridgehead atoms. The monoisotopic (exact) mass is 263 g/mol. The summed E-state index contributed by atoms with van der Waals surface area (Å²) in [6, 6.07) is 8.28. The van der Waals surface area contributed by atoms with Crippen LogP contribution in [0.5, 0.6) is 0 Å². The maximum atomic E-state index is 11.1. The van der Waals surface area contributed by atoms with Crippen molar-refractivity contribution in [2.24, 2.45) is 0 Å². The average molecular weight is 263 g/mol. The third-order valence-electron chi connectivity index (χ3n) is 3.57. The van der Waals surface area contributed by atoms with Gasteiger partial charge >= 0.3 is 5.97 Å². The minimum absolute atomic E-state index is 0.0421. The van der Waals surface area contributed by atoms with E-state index in [1.807, 2.05) is 43.0 Å². The van der Waals surface area contributed by atoms with Gasteiger partial charge in [-0.05, 0) is 38.8 Å². The largest absolute Gasteiger partial charge is 0.480 e. The van der Waals surface area contributed by atoms with Gasteiger partial charge in [0.15, 0.2) is 0 Å². The van der Waals surface area contributed by atoms with Gasteiger partial charge in [-0.15, -0.1) is 0 Å². The van der Waals surface area contributed by atoms with Crippen molar-refractivity contribution in [3.05, 3.63) is 29.8 Å². The van der Waals surface area contributed by atoms with Gasteiger partial charge in [-0.2, -0.15) is 0 Å². The summed E-state index contributed by atoms with van der Waals surface area (Å²) in [6.45, 7) is 4.82. The number of ether oxygens (including phenoxy) is 1. The summed E-state index contributed by atoms with van der Waals surface area (Å²) >= 11 is 0. The van der Waals surface area contributed by atoms with E-state index in [4.69, 9.17) is 9.84 Å². The molecular weight excluding hydrogens is 242 g/mol. The molecule has 1 aliphatic rings. The van der Waals surface area contributed by atoms with Crippen molar-refractivity contribution in [3.8, 4) is 0 Å². The molecule has 19 heavy (non-hydrogen) atoms. The number of aliphatic carboxylic acids is 1. The highest BCUT2D eigenvalue weighted by molar-refractivity contribution is 5.74. The predicted molar refractivity (Wildman–Crippen MR) is 74.6 cm³/mol. The molecule has 1 fully saturated rings. The van der Waals surface area contributed by atoms with E-state index in [0.717, 1.165) is 18.5 Å². The molecule has 104 valence electrons. The molecular formula is C15H21NO3. The molecule has 1 saturated heterocycles. The molecule has 2 unspecified atom stereocenters. The third kappa shape index (κ3) is 3.70. The molecule has 2 atom stereocenters. The van der Waals surface area contributed by atoms with Crippen molar-refractivity contribution in [1.29, 1.82) is 0 Å². The van der Waals surface area contributed by atoms with Crippen LogP contribution in [-0.2, 0) is 9.53 Å². The van der Waals surface area contributed by atoms with Crippen LogP contribution in [0.4, 0.5) is 5.69 Å². The summed E-state index contributed by atoms with van der Waals surface area (Å²) < 4.78 is 5.54. The van der Waals surface area contributed by atoms with Crippen LogP contribution in [-0.4, -0.2) is 36.4 Å². The van der Waals surface area contributed by atoms with Crippen LogP contribution >= 0.6 is 0 Å². The Hall–Kier alpha value is -1.55. The number of aryl methyl sites for hydroxylation is 1. The Bertz CT molecular complexity index is 430. The van der Waals surface area contributed by atoms with Crippen molar-refractivity contribution in [2.45, 2.75) is 38.8 Å². The first-order valence-corrected chi connectivity index (χ1v) is 6.73. The van der Waals surface area contributed by atoms with Gasteiger partial charge in [0.25, 0.3) is 0 Å². The zero-order chi connectivity index (χ0) is 13.8. The first-order valence-electron chi connectivity index (χ1n) is 6.73. The van der Waals surface area contributed by atoms with Gasteiger partial charge < -0.3 is 14.7 Å². The number of hydrogen-bond acceptors (Lipinski definition) is 3. The Morgan fingerprint density at radius 2 is 2.11 bits per heavy atom. The summed E-state index contributed by atoms with van der Waals surface area (Å²) in [4.78, 5) is 13.1. The molecule has 1 heterocycles. The SMILES string of the molecule is Cc1ccc(N(CC(=O)O)C2CCOC(C)C2)cc1. The number of benzene rings is 1. The van der Waals surface area contributed by atoms with Gasteiger partial charge in [-0.1, -0.05) is 17.7 Å². The van der Waals surface area contributed by atoms with Crippen LogP contribution in [0.15, 0.2) is 24.3 Å². The summed E-state index contributed by atoms with van der Waals surface area (Å²) in [7, 11) is 0. The highest BCUT2D eigenvalue weighted by Crippen LogP contribution is 2.25.